The summed E-state index contributed by atoms with van der Waals surface area (Å²) < 4.78 is 0. The van der Waals surface area contributed by atoms with E-state index in [2.05, 4.69) is 5.32 Å². The molecule has 7 heteroatoms. The molecule has 118 valence electrons. The topological polar surface area (TPSA) is 90.0 Å². The molecule has 0 spiro atoms. The highest BCUT2D eigenvalue weighted by Gasteiger charge is 2.48. The summed E-state index contributed by atoms with van der Waals surface area (Å²) in [6.45, 7) is 3.62. The Morgan fingerprint density at radius 2 is 1.81 bits per heavy atom. The molecule has 2 fully saturated rings. The van der Waals surface area contributed by atoms with Crippen molar-refractivity contribution in [1.29, 1.82) is 0 Å². The lowest BCUT2D eigenvalue weighted by molar-refractivity contribution is -0.148. The van der Waals surface area contributed by atoms with Crippen molar-refractivity contribution >= 4 is 17.9 Å². The lowest BCUT2D eigenvalue weighted by atomic mass is 9.93. The zero-order chi connectivity index (χ0) is 15.5. The molecule has 0 aromatic rings. The highest BCUT2D eigenvalue weighted by atomic mass is 16.4. The van der Waals surface area contributed by atoms with E-state index in [0.717, 1.165) is 25.9 Å². The maximum absolute atomic E-state index is 12.2. The number of carbonyl (C=O) groups excluding carboxylic acids is 2. The van der Waals surface area contributed by atoms with E-state index in [1.54, 1.807) is 11.8 Å². The number of carboxylic acid groups (broad SMARTS) is 1. The number of carbonyl (C=O) groups is 3. The molecular weight excluding hydrogens is 274 g/mol. The zero-order valence-corrected chi connectivity index (χ0v) is 12.4. The number of hydrogen-bond acceptors (Lipinski definition) is 3. The lowest BCUT2D eigenvalue weighted by Crippen LogP contribution is -2.56. The van der Waals surface area contributed by atoms with Crippen LogP contribution in [0.25, 0.3) is 0 Å². The maximum Gasteiger partial charge on any atom is 0.329 e. The third-order valence-corrected chi connectivity index (χ3v) is 4.57. The average Bonchev–Trinajstić information content (AvgIpc) is 3.13. The molecule has 2 heterocycles. The van der Waals surface area contributed by atoms with Crippen molar-refractivity contribution in [3.63, 3.8) is 0 Å². The Kier molecular flexibility index (Phi) is 4.69. The molecule has 2 rings (SSSR count). The Morgan fingerprint density at radius 3 is 2.38 bits per heavy atom. The molecule has 0 aliphatic carbocycles. The van der Waals surface area contributed by atoms with Gasteiger partial charge in [-0.3, -0.25) is 4.79 Å². The van der Waals surface area contributed by atoms with Gasteiger partial charge < -0.3 is 20.2 Å². The predicted molar refractivity (Wildman–Crippen MR) is 75.8 cm³/mol. The van der Waals surface area contributed by atoms with E-state index in [4.69, 9.17) is 0 Å². The number of carboxylic acids is 1. The normalized spacial score (nSPS) is 25.2. The largest absolute Gasteiger partial charge is 0.479 e. The first-order valence-corrected chi connectivity index (χ1v) is 7.58. The van der Waals surface area contributed by atoms with Crippen LogP contribution in [0.4, 0.5) is 4.79 Å². The van der Waals surface area contributed by atoms with Gasteiger partial charge in [0, 0.05) is 19.6 Å². The number of likely N-dealkylation sites (tertiary alicyclic amines) is 2. The van der Waals surface area contributed by atoms with Gasteiger partial charge in [0.1, 0.15) is 5.54 Å². The van der Waals surface area contributed by atoms with Crippen LogP contribution in [0.5, 0.6) is 0 Å². The minimum atomic E-state index is -1.12. The molecule has 0 aromatic heterocycles. The van der Waals surface area contributed by atoms with Crippen molar-refractivity contribution in [3.8, 4) is 0 Å². The first-order chi connectivity index (χ1) is 10.0. The van der Waals surface area contributed by atoms with Gasteiger partial charge in [-0.1, -0.05) is 6.92 Å². The van der Waals surface area contributed by atoms with Crippen LogP contribution < -0.4 is 5.32 Å². The van der Waals surface area contributed by atoms with E-state index in [9.17, 15) is 19.5 Å². The highest BCUT2D eigenvalue weighted by molar-refractivity contribution is 5.89. The molecule has 0 bridgehead atoms. The van der Waals surface area contributed by atoms with Crippen LogP contribution in [-0.4, -0.2) is 64.5 Å². The minimum absolute atomic E-state index is 0.0608. The highest BCUT2D eigenvalue weighted by Crippen LogP contribution is 2.32. The maximum atomic E-state index is 12.2. The molecule has 2 N–H and O–H groups in total. The van der Waals surface area contributed by atoms with Crippen molar-refractivity contribution < 1.29 is 19.5 Å². The second kappa shape index (κ2) is 6.32. The summed E-state index contributed by atoms with van der Waals surface area (Å²) in [4.78, 5) is 38.7. The van der Waals surface area contributed by atoms with Gasteiger partial charge in [-0.05, 0) is 32.1 Å². The van der Waals surface area contributed by atoms with E-state index >= 15 is 0 Å². The number of amides is 3. The number of nitrogens with one attached hydrogen (secondary N) is 1. The van der Waals surface area contributed by atoms with Crippen LogP contribution in [0.2, 0.25) is 0 Å². The lowest BCUT2D eigenvalue weighted by Gasteiger charge is -2.33. The fourth-order valence-electron chi connectivity index (χ4n) is 3.24. The molecule has 7 nitrogen and oxygen atoms in total. The average molecular weight is 297 g/mol. The van der Waals surface area contributed by atoms with Crippen molar-refractivity contribution in [3.05, 3.63) is 0 Å². The van der Waals surface area contributed by atoms with Gasteiger partial charge in [-0.15, -0.1) is 0 Å². The summed E-state index contributed by atoms with van der Waals surface area (Å²) in [6, 6.07) is -0.454. The van der Waals surface area contributed by atoms with Gasteiger partial charge in [0.15, 0.2) is 0 Å². The summed E-state index contributed by atoms with van der Waals surface area (Å²) >= 11 is 0. The Bertz CT molecular complexity index is 434. The van der Waals surface area contributed by atoms with Crippen LogP contribution in [0, 0.1) is 0 Å². The predicted octanol–water partition coefficient (Wildman–Crippen LogP) is 0.648. The summed E-state index contributed by atoms with van der Waals surface area (Å²) in [5.41, 5.74) is -1.12. The fourth-order valence-corrected chi connectivity index (χ4v) is 3.24. The van der Waals surface area contributed by atoms with E-state index in [1.807, 2.05) is 0 Å². The van der Waals surface area contributed by atoms with E-state index in [1.165, 1.54) is 4.90 Å². The smallest absolute Gasteiger partial charge is 0.329 e. The SMILES string of the molecule is CCC1(C(=O)O)CCCN1C(=O)NCC(=O)N1CCCC1. The summed E-state index contributed by atoms with van der Waals surface area (Å²) in [5, 5.41) is 12.0. The molecule has 0 aromatic carbocycles. The number of rotatable bonds is 4. The standard InChI is InChI=1S/C14H23N3O4/c1-2-14(12(19)20)6-5-9-17(14)13(21)15-10-11(18)16-7-3-4-8-16/h2-10H2,1H3,(H,15,21)(H,19,20). The number of aliphatic carboxylic acids is 1. The molecule has 2 aliphatic heterocycles. The number of urea groups is 1. The van der Waals surface area contributed by atoms with Gasteiger partial charge in [0.05, 0.1) is 6.54 Å². The Hall–Kier alpha value is -1.79. The Morgan fingerprint density at radius 1 is 1.14 bits per heavy atom. The van der Waals surface area contributed by atoms with Crippen LogP contribution >= 0.6 is 0 Å². The molecule has 3 amide bonds. The van der Waals surface area contributed by atoms with Crippen molar-refractivity contribution in [2.75, 3.05) is 26.2 Å². The van der Waals surface area contributed by atoms with Crippen molar-refractivity contribution in [1.82, 2.24) is 15.1 Å². The quantitative estimate of drug-likeness (QED) is 0.797. The second-order valence-corrected chi connectivity index (χ2v) is 5.69. The number of hydrogen-bond donors (Lipinski definition) is 2. The Labute approximate surface area is 124 Å². The Balaban J connectivity index is 1.93. The van der Waals surface area contributed by atoms with E-state index in [-0.39, 0.29) is 12.5 Å². The van der Waals surface area contributed by atoms with Gasteiger partial charge >= 0.3 is 12.0 Å². The first kappa shape index (κ1) is 15.6. The molecule has 0 radical (unpaired) electrons. The zero-order valence-electron chi connectivity index (χ0n) is 12.4. The van der Waals surface area contributed by atoms with Gasteiger partial charge in [0.25, 0.3) is 0 Å². The summed E-state index contributed by atoms with van der Waals surface area (Å²) in [5.74, 6) is -1.07. The molecular formula is C14H23N3O4. The summed E-state index contributed by atoms with van der Waals surface area (Å²) in [7, 11) is 0. The number of nitrogens with zero attached hydrogens (tertiary/aromatic N) is 2. The molecule has 1 atom stereocenters. The van der Waals surface area contributed by atoms with E-state index in [0.29, 0.717) is 25.8 Å². The third-order valence-electron chi connectivity index (χ3n) is 4.57. The van der Waals surface area contributed by atoms with Crippen LogP contribution in [0.3, 0.4) is 0 Å². The van der Waals surface area contributed by atoms with Crippen LogP contribution in [-0.2, 0) is 9.59 Å². The first-order valence-electron chi connectivity index (χ1n) is 7.58. The van der Waals surface area contributed by atoms with Crippen LogP contribution in [0.1, 0.15) is 39.0 Å². The molecule has 2 aliphatic rings. The monoisotopic (exact) mass is 297 g/mol. The van der Waals surface area contributed by atoms with Crippen LogP contribution in [0.15, 0.2) is 0 Å². The van der Waals surface area contributed by atoms with Crippen molar-refractivity contribution in [2.24, 2.45) is 0 Å². The molecule has 2 saturated heterocycles. The molecule has 1 unspecified atom stereocenters. The third kappa shape index (κ3) is 2.96. The fraction of sp³-hybridized carbons (Fsp3) is 0.786. The molecule has 21 heavy (non-hydrogen) atoms. The van der Waals surface area contributed by atoms with Gasteiger partial charge in [-0.2, -0.15) is 0 Å². The van der Waals surface area contributed by atoms with Gasteiger partial charge in [-0.25, -0.2) is 9.59 Å². The summed E-state index contributed by atoms with van der Waals surface area (Å²) in [6.07, 6.45) is 3.52. The second-order valence-electron chi connectivity index (χ2n) is 5.69. The van der Waals surface area contributed by atoms with Gasteiger partial charge in [0.2, 0.25) is 5.91 Å². The minimum Gasteiger partial charge on any atom is -0.479 e. The molecule has 0 saturated carbocycles. The van der Waals surface area contributed by atoms with Crippen molar-refractivity contribution in [2.45, 2.75) is 44.6 Å². The van der Waals surface area contributed by atoms with E-state index < -0.39 is 17.5 Å².